The van der Waals surface area contributed by atoms with E-state index in [0.717, 1.165) is 0 Å². The molecule has 0 aliphatic rings. The van der Waals surface area contributed by atoms with E-state index in [-0.39, 0.29) is 11.6 Å². The third-order valence-corrected chi connectivity index (χ3v) is 3.94. The summed E-state index contributed by atoms with van der Waals surface area (Å²) in [5.41, 5.74) is 3.29. The van der Waals surface area contributed by atoms with Crippen LogP contribution >= 0.6 is 11.6 Å². The summed E-state index contributed by atoms with van der Waals surface area (Å²) in [6.07, 6.45) is 6.12. The average molecular weight is 430 g/mol. The third kappa shape index (κ3) is 6.43. The summed E-state index contributed by atoms with van der Waals surface area (Å²) >= 11 is 6.18. The molecule has 8 nitrogen and oxygen atoms in total. The molecule has 2 N–H and O–H groups in total. The first-order chi connectivity index (χ1) is 14.5. The van der Waals surface area contributed by atoms with E-state index in [4.69, 9.17) is 32.2 Å². The van der Waals surface area contributed by atoms with Gasteiger partial charge in [-0.05, 0) is 29.8 Å². The maximum atomic E-state index is 12.0. The van der Waals surface area contributed by atoms with Crippen molar-refractivity contribution in [2.24, 2.45) is 5.10 Å². The molecule has 0 aromatic heterocycles. The van der Waals surface area contributed by atoms with Crippen molar-refractivity contribution in [2.75, 3.05) is 26.1 Å². The van der Waals surface area contributed by atoms with Gasteiger partial charge in [0.25, 0.3) is 0 Å². The van der Waals surface area contributed by atoms with Crippen molar-refractivity contribution in [3.8, 4) is 29.6 Å². The summed E-state index contributed by atoms with van der Waals surface area (Å²) in [5, 5.41) is 6.71. The SMILES string of the molecule is C#CCOc1c(Cl)cc(C=NNC(=O)CC(=O)Nc2ccccc2OC)cc1OC. The van der Waals surface area contributed by atoms with Gasteiger partial charge in [0.2, 0.25) is 11.8 Å². The number of nitrogens with zero attached hydrogens (tertiary/aromatic N) is 1. The van der Waals surface area contributed by atoms with Gasteiger partial charge in [0, 0.05) is 0 Å². The monoisotopic (exact) mass is 429 g/mol. The van der Waals surface area contributed by atoms with E-state index in [0.29, 0.717) is 28.5 Å². The van der Waals surface area contributed by atoms with Crippen LogP contribution in [0.5, 0.6) is 17.2 Å². The fourth-order valence-corrected chi connectivity index (χ4v) is 2.65. The summed E-state index contributed by atoms with van der Waals surface area (Å²) in [4.78, 5) is 24.0. The summed E-state index contributed by atoms with van der Waals surface area (Å²) < 4.78 is 15.7. The first-order valence-corrected chi connectivity index (χ1v) is 9.04. The largest absolute Gasteiger partial charge is 0.495 e. The lowest BCUT2D eigenvalue weighted by molar-refractivity contribution is -0.126. The van der Waals surface area contributed by atoms with Crippen LogP contribution in [0.15, 0.2) is 41.5 Å². The number of amides is 2. The van der Waals surface area contributed by atoms with E-state index in [9.17, 15) is 9.59 Å². The number of para-hydroxylation sites is 2. The van der Waals surface area contributed by atoms with Crippen molar-refractivity contribution in [3.63, 3.8) is 0 Å². The van der Waals surface area contributed by atoms with Crippen molar-refractivity contribution in [1.82, 2.24) is 5.43 Å². The number of halogens is 1. The molecule has 156 valence electrons. The second-order valence-electron chi connectivity index (χ2n) is 5.75. The minimum Gasteiger partial charge on any atom is -0.495 e. The molecule has 0 bridgehead atoms. The van der Waals surface area contributed by atoms with Gasteiger partial charge in [0.15, 0.2) is 11.5 Å². The van der Waals surface area contributed by atoms with E-state index >= 15 is 0 Å². The Kier molecular flexibility index (Phi) is 8.54. The van der Waals surface area contributed by atoms with Gasteiger partial charge in [0.05, 0.1) is 31.1 Å². The highest BCUT2D eigenvalue weighted by molar-refractivity contribution is 6.32. The molecule has 2 amide bonds. The molecule has 0 saturated heterocycles. The number of hydrogen-bond donors (Lipinski definition) is 2. The molecular weight excluding hydrogens is 410 g/mol. The normalized spacial score (nSPS) is 10.2. The minimum atomic E-state index is -0.592. The van der Waals surface area contributed by atoms with Gasteiger partial charge in [-0.15, -0.1) is 6.42 Å². The molecule has 2 aromatic carbocycles. The number of nitrogens with one attached hydrogen (secondary N) is 2. The van der Waals surface area contributed by atoms with Crippen LogP contribution in [0, 0.1) is 12.3 Å². The molecule has 0 unspecified atom stereocenters. The van der Waals surface area contributed by atoms with Crippen LogP contribution in [-0.2, 0) is 9.59 Å². The van der Waals surface area contributed by atoms with Gasteiger partial charge in [-0.2, -0.15) is 5.10 Å². The van der Waals surface area contributed by atoms with Crippen molar-refractivity contribution in [2.45, 2.75) is 6.42 Å². The Morgan fingerprint density at radius 1 is 1.17 bits per heavy atom. The van der Waals surface area contributed by atoms with E-state index in [1.807, 2.05) is 0 Å². The van der Waals surface area contributed by atoms with Crippen LogP contribution in [0.2, 0.25) is 5.02 Å². The van der Waals surface area contributed by atoms with E-state index in [2.05, 4.69) is 21.8 Å². The van der Waals surface area contributed by atoms with E-state index < -0.39 is 18.2 Å². The summed E-state index contributed by atoms with van der Waals surface area (Å²) in [7, 11) is 2.94. The molecule has 0 heterocycles. The van der Waals surface area contributed by atoms with Crippen LogP contribution < -0.4 is 25.0 Å². The number of anilines is 1. The van der Waals surface area contributed by atoms with Crippen LogP contribution in [-0.4, -0.2) is 38.9 Å². The number of rotatable bonds is 9. The van der Waals surface area contributed by atoms with Gasteiger partial charge in [-0.25, -0.2) is 5.43 Å². The number of methoxy groups -OCH3 is 2. The fraction of sp³-hybridized carbons (Fsp3) is 0.190. The number of benzene rings is 2. The Labute approximate surface area is 179 Å². The molecule has 9 heteroatoms. The van der Waals surface area contributed by atoms with Gasteiger partial charge in [0.1, 0.15) is 18.8 Å². The average Bonchev–Trinajstić information content (AvgIpc) is 2.72. The minimum absolute atomic E-state index is 0.0382. The molecule has 0 aliphatic carbocycles. The van der Waals surface area contributed by atoms with Crippen molar-refractivity contribution in [1.29, 1.82) is 0 Å². The maximum absolute atomic E-state index is 12.0. The molecular formula is C21H20ClN3O5. The fourth-order valence-electron chi connectivity index (χ4n) is 2.37. The Morgan fingerprint density at radius 3 is 2.60 bits per heavy atom. The molecule has 0 aliphatic heterocycles. The molecule has 0 fully saturated rings. The standard InChI is InChI=1S/C21H20ClN3O5/c1-4-9-30-21-15(22)10-14(11-18(21)29-3)13-23-25-20(27)12-19(26)24-16-7-5-6-8-17(16)28-2/h1,5-8,10-11,13H,9,12H2,2-3H3,(H,24,26)(H,25,27). The first kappa shape index (κ1) is 22.6. The van der Waals surface area contributed by atoms with Gasteiger partial charge in [-0.3, -0.25) is 9.59 Å². The number of carbonyl (C=O) groups is 2. The number of hydrogen-bond acceptors (Lipinski definition) is 6. The van der Waals surface area contributed by atoms with Crippen molar-refractivity contribution >= 4 is 35.3 Å². The van der Waals surface area contributed by atoms with E-state index in [1.165, 1.54) is 20.4 Å². The Balaban J connectivity index is 1.94. The third-order valence-electron chi connectivity index (χ3n) is 3.66. The lowest BCUT2D eigenvalue weighted by Crippen LogP contribution is -2.24. The Bertz CT molecular complexity index is 985. The predicted molar refractivity (Wildman–Crippen MR) is 114 cm³/mol. The molecule has 0 radical (unpaired) electrons. The van der Waals surface area contributed by atoms with Crippen molar-refractivity contribution in [3.05, 3.63) is 47.0 Å². The zero-order chi connectivity index (χ0) is 21.9. The van der Waals surface area contributed by atoms with Crippen LogP contribution in [0.1, 0.15) is 12.0 Å². The zero-order valence-corrected chi connectivity index (χ0v) is 17.2. The van der Waals surface area contributed by atoms with Crippen LogP contribution in [0.3, 0.4) is 0 Å². The maximum Gasteiger partial charge on any atom is 0.249 e. The molecule has 0 spiro atoms. The smallest absolute Gasteiger partial charge is 0.249 e. The highest BCUT2D eigenvalue weighted by atomic mass is 35.5. The lowest BCUT2D eigenvalue weighted by atomic mass is 10.2. The molecule has 0 saturated carbocycles. The molecule has 2 aromatic rings. The van der Waals surface area contributed by atoms with Gasteiger partial charge < -0.3 is 19.5 Å². The zero-order valence-electron chi connectivity index (χ0n) is 16.4. The first-order valence-electron chi connectivity index (χ1n) is 8.67. The Morgan fingerprint density at radius 2 is 1.90 bits per heavy atom. The quantitative estimate of drug-likeness (QED) is 0.276. The summed E-state index contributed by atoms with van der Waals surface area (Å²) in [5.74, 6) is 2.41. The summed E-state index contributed by atoms with van der Waals surface area (Å²) in [6, 6.07) is 10.1. The number of ether oxygens (including phenoxy) is 3. The summed E-state index contributed by atoms with van der Waals surface area (Å²) in [6.45, 7) is 0.0382. The molecule has 30 heavy (non-hydrogen) atoms. The van der Waals surface area contributed by atoms with Crippen molar-refractivity contribution < 1.29 is 23.8 Å². The van der Waals surface area contributed by atoms with E-state index in [1.54, 1.807) is 36.4 Å². The molecule has 0 atom stereocenters. The number of terminal acetylenes is 1. The van der Waals surface area contributed by atoms with Crippen LogP contribution in [0.25, 0.3) is 0 Å². The highest BCUT2D eigenvalue weighted by Crippen LogP contribution is 2.36. The second-order valence-corrected chi connectivity index (χ2v) is 6.15. The second kappa shape index (κ2) is 11.3. The van der Waals surface area contributed by atoms with Gasteiger partial charge in [-0.1, -0.05) is 29.7 Å². The molecule has 2 rings (SSSR count). The Hall–Kier alpha value is -3.70. The predicted octanol–water partition coefficient (Wildman–Crippen LogP) is 2.85. The van der Waals surface area contributed by atoms with Gasteiger partial charge >= 0.3 is 0 Å². The lowest BCUT2D eigenvalue weighted by Gasteiger charge is -2.11. The number of hydrazone groups is 1. The number of carbonyl (C=O) groups excluding carboxylic acids is 2. The van der Waals surface area contributed by atoms with Crippen LogP contribution in [0.4, 0.5) is 5.69 Å². The topological polar surface area (TPSA) is 98.2 Å². The highest BCUT2D eigenvalue weighted by Gasteiger charge is 2.13.